The van der Waals surface area contributed by atoms with Gasteiger partial charge in [0.25, 0.3) is 0 Å². The number of nitrogens with zero attached hydrogens (tertiary/aromatic N) is 5. The highest BCUT2D eigenvalue weighted by Crippen LogP contribution is 2.28. The van der Waals surface area contributed by atoms with E-state index in [1.54, 1.807) is 39.2 Å². The standard InChI is InChI=1S/C19H21BrN6O3/c1-11-16(18(29)12-5-4-6-13(20)9-12)14(10-15(28)25(2)3)21-17(11)19-22-24-26(23-19)7-8-27/h4-6,9,21,27H,7-8,10H2,1-3H3. The Labute approximate surface area is 175 Å². The van der Waals surface area contributed by atoms with Gasteiger partial charge < -0.3 is 15.0 Å². The predicted molar refractivity (Wildman–Crippen MR) is 109 cm³/mol. The van der Waals surface area contributed by atoms with Crippen LogP contribution in [0, 0.1) is 6.92 Å². The van der Waals surface area contributed by atoms with Crippen molar-refractivity contribution in [1.29, 1.82) is 0 Å². The summed E-state index contributed by atoms with van der Waals surface area (Å²) in [5.74, 6) is -0.0450. The zero-order valence-electron chi connectivity index (χ0n) is 16.3. The van der Waals surface area contributed by atoms with Gasteiger partial charge in [0.05, 0.1) is 25.3 Å². The zero-order valence-corrected chi connectivity index (χ0v) is 17.9. The van der Waals surface area contributed by atoms with Gasteiger partial charge in [0.15, 0.2) is 5.78 Å². The van der Waals surface area contributed by atoms with Gasteiger partial charge in [-0.1, -0.05) is 28.1 Å². The van der Waals surface area contributed by atoms with E-state index in [1.165, 1.54) is 9.70 Å². The molecule has 0 atom stereocenters. The molecule has 0 radical (unpaired) electrons. The SMILES string of the molecule is Cc1c(-c2nnn(CCO)n2)[nH]c(CC(=O)N(C)C)c1C(=O)c1cccc(Br)c1. The number of halogens is 1. The first-order valence-electron chi connectivity index (χ1n) is 8.92. The predicted octanol–water partition coefficient (Wildman–Crippen LogP) is 1.59. The lowest BCUT2D eigenvalue weighted by Crippen LogP contribution is -2.24. The van der Waals surface area contributed by atoms with Crippen LogP contribution in [0.1, 0.15) is 27.2 Å². The molecule has 1 aromatic carbocycles. The normalized spacial score (nSPS) is 10.9. The Hall–Kier alpha value is -2.85. The number of hydrogen-bond acceptors (Lipinski definition) is 6. The highest BCUT2D eigenvalue weighted by atomic mass is 79.9. The lowest BCUT2D eigenvalue weighted by molar-refractivity contribution is -0.128. The van der Waals surface area contributed by atoms with E-state index >= 15 is 0 Å². The van der Waals surface area contributed by atoms with Crippen LogP contribution in [0.15, 0.2) is 28.7 Å². The number of aliphatic hydroxyl groups excluding tert-OH is 1. The quantitative estimate of drug-likeness (QED) is 0.517. The van der Waals surface area contributed by atoms with E-state index in [0.29, 0.717) is 33.9 Å². The number of aromatic amines is 1. The van der Waals surface area contributed by atoms with Crippen LogP contribution in [0.5, 0.6) is 0 Å². The summed E-state index contributed by atoms with van der Waals surface area (Å²) in [6.45, 7) is 1.88. The molecule has 1 amide bonds. The molecule has 0 saturated heterocycles. The third kappa shape index (κ3) is 4.43. The van der Waals surface area contributed by atoms with Crippen LogP contribution in [0.25, 0.3) is 11.5 Å². The number of likely N-dealkylation sites (N-methyl/N-ethyl adjacent to an activating group) is 1. The first-order chi connectivity index (χ1) is 13.8. The van der Waals surface area contributed by atoms with E-state index in [9.17, 15) is 9.59 Å². The maximum absolute atomic E-state index is 13.3. The number of amides is 1. The Balaban J connectivity index is 2.10. The van der Waals surface area contributed by atoms with E-state index in [4.69, 9.17) is 5.11 Å². The molecular weight excluding hydrogens is 440 g/mol. The van der Waals surface area contributed by atoms with Gasteiger partial charge in [-0.05, 0) is 29.8 Å². The van der Waals surface area contributed by atoms with Crippen LogP contribution in [-0.4, -0.2) is 67.6 Å². The number of ketones is 1. The number of aliphatic hydroxyl groups is 1. The van der Waals surface area contributed by atoms with Crippen molar-refractivity contribution in [2.24, 2.45) is 0 Å². The summed E-state index contributed by atoms with van der Waals surface area (Å²) in [4.78, 5) is 31.5. The van der Waals surface area contributed by atoms with Gasteiger partial charge in [0.1, 0.15) is 0 Å². The number of hydrogen-bond donors (Lipinski definition) is 2. The summed E-state index contributed by atoms with van der Waals surface area (Å²) in [6, 6.07) is 7.09. The molecule has 2 N–H and O–H groups in total. The second-order valence-corrected chi connectivity index (χ2v) is 7.63. The maximum atomic E-state index is 13.3. The van der Waals surface area contributed by atoms with E-state index in [2.05, 4.69) is 36.3 Å². The molecule has 2 heterocycles. The Morgan fingerprint density at radius 1 is 1.31 bits per heavy atom. The van der Waals surface area contributed by atoms with Gasteiger partial charge in [-0.3, -0.25) is 9.59 Å². The van der Waals surface area contributed by atoms with Gasteiger partial charge in [-0.15, -0.1) is 10.2 Å². The molecule has 0 bridgehead atoms. The number of H-pyrrole nitrogens is 1. The average Bonchev–Trinajstić information content (AvgIpc) is 3.26. The maximum Gasteiger partial charge on any atom is 0.228 e. The lowest BCUT2D eigenvalue weighted by Gasteiger charge is -2.10. The molecule has 10 heteroatoms. The van der Waals surface area contributed by atoms with Crippen LogP contribution in [-0.2, 0) is 17.8 Å². The molecule has 0 aliphatic carbocycles. The van der Waals surface area contributed by atoms with Crippen LogP contribution >= 0.6 is 15.9 Å². The molecule has 152 valence electrons. The third-order valence-corrected chi connectivity index (χ3v) is 4.94. The molecule has 0 unspecified atom stereocenters. The van der Waals surface area contributed by atoms with Crippen molar-refractivity contribution in [2.45, 2.75) is 19.9 Å². The van der Waals surface area contributed by atoms with E-state index in [1.807, 2.05) is 6.07 Å². The first-order valence-corrected chi connectivity index (χ1v) is 9.72. The third-order valence-electron chi connectivity index (χ3n) is 4.44. The molecule has 0 aliphatic rings. The molecule has 0 saturated carbocycles. The molecule has 0 spiro atoms. The lowest BCUT2D eigenvalue weighted by atomic mass is 9.98. The molecular formula is C19H21BrN6O3. The summed E-state index contributed by atoms with van der Waals surface area (Å²) < 4.78 is 0.788. The highest BCUT2D eigenvalue weighted by Gasteiger charge is 2.26. The zero-order chi connectivity index (χ0) is 21.1. The van der Waals surface area contributed by atoms with Crippen LogP contribution in [0.4, 0.5) is 0 Å². The van der Waals surface area contributed by atoms with Gasteiger partial charge >= 0.3 is 0 Å². The summed E-state index contributed by atoms with van der Waals surface area (Å²) in [6.07, 6.45) is 0.0354. The van der Waals surface area contributed by atoms with Crippen molar-refractivity contribution >= 4 is 27.6 Å². The largest absolute Gasteiger partial charge is 0.394 e. The number of nitrogens with one attached hydrogen (secondary N) is 1. The van der Waals surface area contributed by atoms with Crippen molar-refractivity contribution in [3.05, 3.63) is 51.1 Å². The van der Waals surface area contributed by atoms with Crippen LogP contribution in [0.3, 0.4) is 0 Å². The highest BCUT2D eigenvalue weighted by molar-refractivity contribution is 9.10. The Kier molecular flexibility index (Phi) is 6.23. The number of tetrazole rings is 1. The Morgan fingerprint density at radius 2 is 2.07 bits per heavy atom. The van der Waals surface area contributed by atoms with Crippen molar-refractivity contribution < 1.29 is 14.7 Å². The van der Waals surface area contributed by atoms with Gasteiger partial charge in [-0.2, -0.15) is 4.80 Å². The minimum absolute atomic E-state index is 0.0354. The summed E-state index contributed by atoms with van der Waals surface area (Å²) in [7, 11) is 3.33. The first kappa shape index (κ1) is 20.9. The molecule has 29 heavy (non-hydrogen) atoms. The fourth-order valence-corrected chi connectivity index (χ4v) is 3.33. The monoisotopic (exact) mass is 460 g/mol. The summed E-state index contributed by atoms with van der Waals surface area (Å²) in [5.41, 5.74) is 2.59. The van der Waals surface area contributed by atoms with Crippen LogP contribution < -0.4 is 0 Å². The van der Waals surface area contributed by atoms with Crippen molar-refractivity contribution in [1.82, 2.24) is 30.1 Å². The molecule has 2 aromatic heterocycles. The second-order valence-electron chi connectivity index (χ2n) is 6.72. The van der Waals surface area contributed by atoms with E-state index in [0.717, 1.165) is 4.47 Å². The summed E-state index contributed by atoms with van der Waals surface area (Å²) in [5, 5.41) is 21.2. The number of aromatic nitrogens is 5. The van der Waals surface area contributed by atoms with Crippen molar-refractivity contribution in [2.75, 3.05) is 20.7 Å². The minimum Gasteiger partial charge on any atom is -0.394 e. The number of carbonyl (C=O) groups excluding carboxylic acids is 2. The van der Waals surface area contributed by atoms with E-state index in [-0.39, 0.29) is 31.3 Å². The molecule has 3 aromatic rings. The summed E-state index contributed by atoms with van der Waals surface area (Å²) >= 11 is 3.39. The molecule has 3 rings (SSSR count). The number of carbonyl (C=O) groups is 2. The van der Waals surface area contributed by atoms with Crippen molar-refractivity contribution in [3.8, 4) is 11.5 Å². The topological polar surface area (TPSA) is 117 Å². The molecule has 9 nitrogen and oxygen atoms in total. The van der Waals surface area contributed by atoms with Gasteiger partial charge in [0, 0.05) is 35.4 Å². The number of rotatable bonds is 7. The van der Waals surface area contributed by atoms with Crippen molar-refractivity contribution in [3.63, 3.8) is 0 Å². The molecule has 0 aliphatic heterocycles. The minimum atomic E-state index is -0.199. The average molecular weight is 461 g/mol. The van der Waals surface area contributed by atoms with Gasteiger partial charge in [0.2, 0.25) is 11.7 Å². The van der Waals surface area contributed by atoms with Gasteiger partial charge in [-0.25, -0.2) is 0 Å². The fraction of sp³-hybridized carbons (Fsp3) is 0.316. The van der Waals surface area contributed by atoms with E-state index < -0.39 is 0 Å². The fourth-order valence-electron chi connectivity index (χ4n) is 2.93. The smallest absolute Gasteiger partial charge is 0.228 e. The Morgan fingerprint density at radius 3 is 2.72 bits per heavy atom. The Bertz CT molecular complexity index is 1060. The molecule has 0 fully saturated rings. The second kappa shape index (κ2) is 8.66. The van der Waals surface area contributed by atoms with Crippen LogP contribution in [0.2, 0.25) is 0 Å². The number of benzene rings is 1.